The Labute approximate surface area is 147 Å². The van der Waals surface area contributed by atoms with Crippen LogP contribution in [0, 0.1) is 5.41 Å². The van der Waals surface area contributed by atoms with E-state index < -0.39 is 0 Å². The molecule has 0 amide bonds. The van der Waals surface area contributed by atoms with Crippen molar-refractivity contribution in [2.45, 2.75) is 24.8 Å². The van der Waals surface area contributed by atoms with Gasteiger partial charge in [0.25, 0.3) is 0 Å². The Hall–Kier alpha value is -1.37. The van der Waals surface area contributed by atoms with Crippen molar-refractivity contribution in [1.82, 2.24) is 9.80 Å². The molecule has 5 nitrogen and oxygen atoms in total. The third-order valence-corrected chi connectivity index (χ3v) is 6.57. The number of rotatable bonds is 2. The van der Waals surface area contributed by atoms with E-state index in [1.807, 2.05) is 24.2 Å². The fraction of sp³-hybridized carbons (Fsp3) is 0.556. The van der Waals surface area contributed by atoms with Crippen molar-refractivity contribution in [2.75, 3.05) is 33.3 Å². The summed E-state index contributed by atoms with van der Waals surface area (Å²) in [7, 11) is 2.08. The lowest BCUT2D eigenvalue weighted by Gasteiger charge is -2.42. The van der Waals surface area contributed by atoms with Crippen LogP contribution in [0.2, 0.25) is 0 Å². The number of aliphatic hydroxyl groups excluding tert-OH is 1. The van der Waals surface area contributed by atoms with Gasteiger partial charge >= 0.3 is 0 Å². The highest BCUT2D eigenvalue weighted by Gasteiger charge is 2.45. The molecule has 0 bridgehead atoms. The predicted molar refractivity (Wildman–Crippen MR) is 100 cm³/mol. The summed E-state index contributed by atoms with van der Waals surface area (Å²) in [6.45, 7) is 5.04. The van der Waals surface area contributed by atoms with Crippen LogP contribution in [0.4, 0.5) is 0 Å². The number of aliphatic hydroxyl groups is 1. The largest absolute Gasteiger partial charge is 0.395 e. The second-order valence-electron chi connectivity index (χ2n) is 6.91. The summed E-state index contributed by atoms with van der Waals surface area (Å²) < 4.78 is 0. The van der Waals surface area contributed by atoms with E-state index in [2.05, 4.69) is 42.0 Å². The van der Waals surface area contributed by atoms with E-state index in [0.717, 1.165) is 31.9 Å². The quantitative estimate of drug-likeness (QED) is 0.831. The van der Waals surface area contributed by atoms with E-state index >= 15 is 0 Å². The van der Waals surface area contributed by atoms with E-state index in [1.54, 1.807) is 0 Å². The molecule has 0 saturated carbocycles. The maximum atomic E-state index is 9.62. The smallest absolute Gasteiger partial charge is 0.125 e. The lowest BCUT2D eigenvalue weighted by Crippen LogP contribution is -2.52. The average Bonchev–Trinajstić information content (AvgIpc) is 2.78. The third-order valence-electron chi connectivity index (χ3n) is 5.35. The van der Waals surface area contributed by atoms with Gasteiger partial charge in [0.15, 0.2) is 0 Å². The van der Waals surface area contributed by atoms with E-state index in [9.17, 15) is 5.11 Å². The zero-order valence-electron chi connectivity index (χ0n) is 14.2. The lowest BCUT2D eigenvalue weighted by molar-refractivity contribution is 0.0726. The molecular weight excluding hydrogens is 320 g/mol. The van der Waals surface area contributed by atoms with Gasteiger partial charge in [0.2, 0.25) is 0 Å². The number of piperazine rings is 1. The van der Waals surface area contributed by atoms with Crippen LogP contribution in [0.25, 0.3) is 0 Å². The molecule has 0 aromatic rings. The van der Waals surface area contributed by atoms with Crippen molar-refractivity contribution in [3.05, 3.63) is 34.5 Å². The highest BCUT2D eigenvalue weighted by Crippen LogP contribution is 2.53. The Kier molecular flexibility index (Phi) is 4.14. The van der Waals surface area contributed by atoms with Gasteiger partial charge in [-0.2, -0.15) is 0 Å². The fourth-order valence-electron chi connectivity index (χ4n) is 3.88. The summed E-state index contributed by atoms with van der Waals surface area (Å²) in [4.78, 5) is 15.4. The Morgan fingerprint density at radius 2 is 2.25 bits per heavy atom. The van der Waals surface area contributed by atoms with Crippen molar-refractivity contribution < 1.29 is 5.11 Å². The van der Waals surface area contributed by atoms with Crippen molar-refractivity contribution in [2.24, 2.45) is 15.4 Å². The average molecular weight is 344 g/mol. The fourth-order valence-corrected chi connectivity index (χ4v) is 5.11. The molecule has 0 aromatic carbocycles. The van der Waals surface area contributed by atoms with Crippen molar-refractivity contribution in [3.8, 4) is 0 Å². The maximum absolute atomic E-state index is 9.62. The molecule has 2 unspecified atom stereocenters. The number of nitrogens with zero attached hydrogens (tertiary/aromatic N) is 4. The normalized spacial score (nSPS) is 35.8. The van der Waals surface area contributed by atoms with Crippen LogP contribution in [-0.4, -0.2) is 72.0 Å². The molecule has 4 heterocycles. The topological polar surface area (TPSA) is 51.4 Å². The van der Waals surface area contributed by atoms with E-state index in [1.165, 1.54) is 10.5 Å². The molecule has 4 rings (SSSR count). The van der Waals surface area contributed by atoms with Gasteiger partial charge < -0.3 is 10.0 Å². The minimum Gasteiger partial charge on any atom is -0.395 e. The third kappa shape index (κ3) is 2.57. The molecule has 24 heavy (non-hydrogen) atoms. The van der Waals surface area contributed by atoms with Gasteiger partial charge in [-0.05, 0) is 30.5 Å². The highest BCUT2D eigenvalue weighted by molar-refractivity contribution is 8.03. The Morgan fingerprint density at radius 1 is 1.38 bits per heavy atom. The van der Waals surface area contributed by atoms with Crippen molar-refractivity contribution in [3.63, 3.8) is 0 Å². The number of aliphatic imine (C=N–C) groups is 2. The predicted octanol–water partition coefficient (Wildman–Crippen LogP) is 1.88. The van der Waals surface area contributed by atoms with Crippen LogP contribution in [0.3, 0.4) is 0 Å². The van der Waals surface area contributed by atoms with E-state index in [0.29, 0.717) is 0 Å². The van der Waals surface area contributed by atoms with Gasteiger partial charge in [-0.1, -0.05) is 12.2 Å². The van der Waals surface area contributed by atoms with Gasteiger partial charge in [0.1, 0.15) is 11.2 Å². The van der Waals surface area contributed by atoms with Gasteiger partial charge in [-0.25, -0.2) is 4.99 Å². The van der Waals surface area contributed by atoms with Crippen molar-refractivity contribution in [1.29, 1.82) is 0 Å². The van der Waals surface area contributed by atoms with Crippen LogP contribution in [-0.2, 0) is 0 Å². The molecule has 1 N–H and O–H groups in total. The summed E-state index contributed by atoms with van der Waals surface area (Å²) in [5.41, 5.74) is 1.09. The first-order valence-corrected chi connectivity index (χ1v) is 9.42. The van der Waals surface area contributed by atoms with Crippen LogP contribution >= 0.6 is 11.8 Å². The molecule has 1 saturated heterocycles. The maximum Gasteiger partial charge on any atom is 0.125 e. The number of hydrogen-bond donors (Lipinski definition) is 1. The Bertz CT molecular complexity index is 681. The van der Waals surface area contributed by atoms with Crippen LogP contribution in [0.5, 0.6) is 0 Å². The first-order chi connectivity index (χ1) is 11.6. The summed E-state index contributed by atoms with van der Waals surface area (Å²) in [5.74, 6) is 1.02. The zero-order valence-corrected chi connectivity index (χ0v) is 15.0. The number of thioether (sulfide) groups is 1. The van der Waals surface area contributed by atoms with Crippen LogP contribution < -0.4 is 0 Å². The first kappa shape index (κ1) is 16.1. The lowest BCUT2D eigenvalue weighted by atomic mass is 9.78. The molecule has 4 aliphatic rings. The molecule has 3 atom stereocenters. The van der Waals surface area contributed by atoms with Gasteiger partial charge in [0, 0.05) is 38.5 Å². The Morgan fingerprint density at radius 3 is 3.08 bits per heavy atom. The molecule has 0 radical (unpaired) electrons. The van der Waals surface area contributed by atoms with Crippen LogP contribution in [0.15, 0.2) is 44.5 Å². The van der Waals surface area contributed by atoms with Gasteiger partial charge in [-0.15, -0.1) is 11.8 Å². The second kappa shape index (κ2) is 6.17. The SMILES string of the molecule is CC1=CC23C=C(N4CCN(C)C(CO)C4)N=CC2=CCC=N[C@@H]3S1. The number of allylic oxidation sites excluding steroid dienone is 2. The summed E-state index contributed by atoms with van der Waals surface area (Å²) in [6, 6.07) is 0.169. The molecule has 0 aliphatic carbocycles. The number of hydrogen-bond acceptors (Lipinski definition) is 6. The molecule has 1 spiro atoms. The van der Waals surface area contributed by atoms with Gasteiger partial charge in [0.05, 0.1) is 18.1 Å². The van der Waals surface area contributed by atoms with E-state index in [-0.39, 0.29) is 23.4 Å². The monoisotopic (exact) mass is 344 g/mol. The molecule has 6 heteroatoms. The Balaban J connectivity index is 1.69. The van der Waals surface area contributed by atoms with Crippen LogP contribution in [0.1, 0.15) is 13.3 Å². The van der Waals surface area contributed by atoms with Crippen molar-refractivity contribution >= 4 is 24.2 Å². The summed E-state index contributed by atoms with van der Waals surface area (Å²) in [5, 5.41) is 9.79. The summed E-state index contributed by atoms with van der Waals surface area (Å²) >= 11 is 1.84. The minimum atomic E-state index is -0.170. The standard InChI is InChI=1S/C18H24N4OS/c1-13-8-18-9-16(22-7-6-21(2)15(11-22)12-23)20-10-14(18)4-3-5-19-17(18)24-13/h4-5,8-10,15,17,23H,3,6-7,11-12H2,1-2H3/t15?,17-,18?/m1/s1. The molecular formula is C18H24N4OS. The molecule has 4 aliphatic heterocycles. The first-order valence-electron chi connectivity index (χ1n) is 8.54. The highest BCUT2D eigenvalue weighted by atomic mass is 32.2. The van der Waals surface area contributed by atoms with Gasteiger partial charge in [-0.3, -0.25) is 9.89 Å². The minimum absolute atomic E-state index is 0.169. The molecule has 1 fully saturated rings. The summed E-state index contributed by atoms with van der Waals surface area (Å²) in [6.07, 6.45) is 11.8. The zero-order chi connectivity index (χ0) is 16.7. The molecule has 0 aromatic heterocycles. The second-order valence-corrected chi connectivity index (χ2v) is 8.23. The number of likely N-dealkylation sites (N-methyl/N-ethyl adjacent to an activating group) is 1. The molecule has 128 valence electrons. The van der Waals surface area contributed by atoms with E-state index in [4.69, 9.17) is 9.98 Å².